The van der Waals surface area contributed by atoms with Gasteiger partial charge in [-0.2, -0.15) is 0 Å². The number of rotatable bonds is 2. The zero-order valence-corrected chi connectivity index (χ0v) is 12.5. The lowest BCUT2D eigenvalue weighted by Crippen LogP contribution is -2.42. The van der Waals surface area contributed by atoms with Gasteiger partial charge in [-0.1, -0.05) is 64.5 Å². The van der Waals surface area contributed by atoms with Crippen molar-refractivity contribution in [1.29, 1.82) is 0 Å². The van der Waals surface area contributed by atoms with Crippen LogP contribution in [0.2, 0.25) is 0 Å². The monoisotopic (exact) mass is 332 g/mol. The quantitative estimate of drug-likeness (QED) is 0.620. The highest BCUT2D eigenvalue weighted by Gasteiger charge is 2.49. The lowest BCUT2D eigenvalue weighted by molar-refractivity contribution is -0.200. The van der Waals surface area contributed by atoms with Crippen LogP contribution >= 0.6 is 15.9 Å². The summed E-state index contributed by atoms with van der Waals surface area (Å²) >= 11 is 3.63. The lowest BCUT2D eigenvalue weighted by Gasteiger charge is -2.40. The summed E-state index contributed by atoms with van der Waals surface area (Å²) in [5.41, 5.74) is 2.24. The van der Waals surface area contributed by atoms with Gasteiger partial charge in [0.2, 0.25) is 0 Å². The summed E-state index contributed by atoms with van der Waals surface area (Å²) in [6.45, 7) is 0. The Morgan fingerprint density at radius 3 is 2.45 bits per heavy atom. The third-order valence-corrected chi connectivity index (χ3v) is 4.61. The standard InChI is InChI=1S/C16H13BrO3/c1-19-16(11-7-3-2-4-8-11)14(17)12-9-5-6-10-13(12)15(18)20-16/h2-10,14H,1H3. The number of methoxy groups -OCH3 is 1. The fraction of sp³-hybridized carbons (Fsp3) is 0.188. The highest BCUT2D eigenvalue weighted by atomic mass is 79.9. The van der Waals surface area contributed by atoms with Crippen LogP contribution in [0, 0.1) is 0 Å². The van der Waals surface area contributed by atoms with Crippen molar-refractivity contribution in [1.82, 2.24) is 0 Å². The Balaban J connectivity index is 2.18. The second-order valence-corrected chi connectivity index (χ2v) is 5.49. The number of fused-ring (bicyclic) bond motifs is 1. The van der Waals surface area contributed by atoms with Crippen LogP contribution in [0.25, 0.3) is 0 Å². The Kier molecular flexibility index (Phi) is 3.36. The predicted octanol–water partition coefficient (Wildman–Crippen LogP) is 3.79. The van der Waals surface area contributed by atoms with E-state index in [9.17, 15) is 4.79 Å². The van der Waals surface area contributed by atoms with E-state index in [4.69, 9.17) is 9.47 Å². The summed E-state index contributed by atoms with van der Waals surface area (Å²) < 4.78 is 11.3. The second-order valence-electron chi connectivity index (χ2n) is 4.58. The van der Waals surface area contributed by atoms with E-state index < -0.39 is 5.79 Å². The van der Waals surface area contributed by atoms with E-state index in [-0.39, 0.29) is 10.8 Å². The molecule has 2 aromatic rings. The molecule has 2 unspecified atom stereocenters. The van der Waals surface area contributed by atoms with Crippen molar-refractivity contribution >= 4 is 21.9 Å². The van der Waals surface area contributed by atoms with Crippen LogP contribution in [0.3, 0.4) is 0 Å². The molecular weight excluding hydrogens is 320 g/mol. The Labute approximate surface area is 125 Å². The fourth-order valence-electron chi connectivity index (χ4n) is 2.49. The molecule has 0 N–H and O–H groups in total. The summed E-state index contributed by atoms with van der Waals surface area (Å²) in [5.74, 6) is -1.52. The van der Waals surface area contributed by atoms with E-state index in [2.05, 4.69) is 15.9 Å². The normalized spacial score (nSPS) is 24.9. The van der Waals surface area contributed by atoms with Gasteiger partial charge in [0.1, 0.15) is 4.83 Å². The maximum Gasteiger partial charge on any atom is 0.341 e. The van der Waals surface area contributed by atoms with Gasteiger partial charge in [-0.05, 0) is 11.6 Å². The molecule has 4 heteroatoms. The number of hydrogen-bond acceptors (Lipinski definition) is 3. The number of cyclic esters (lactones) is 1. The van der Waals surface area contributed by atoms with Crippen LogP contribution in [0.1, 0.15) is 26.3 Å². The van der Waals surface area contributed by atoms with Crippen LogP contribution < -0.4 is 0 Å². The van der Waals surface area contributed by atoms with E-state index in [0.29, 0.717) is 5.56 Å². The van der Waals surface area contributed by atoms with E-state index in [1.54, 1.807) is 13.2 Å². The molecular formula is C16H13BrO3. The summed E-state index contributed by atoms with van der Waals surface area (Å²) in [7, 11) is 1.54. The van der Waals surface area contributed by atoms with E-state index in [1.165, 1.54) is 0 Å². The number of carbonyl (C=O) groups excluding carboxylic acids is 1. The molecule has 0 radical (unpaired) electrons. The van der Waals surface area contributed by atoms with Crippen LogP contribution in [0.4, 0.5) is 0 Å². The Hall–Kier alpha value is -1.65. The number of carbonyl (C=O) groups is 1. The van der Waals surface area contributed by atoms with Gasteiger partial charge in [0, 0.05) is 12.7 Å². The molecule has 20 heavy (non-hydrogen) atoms. The fourth-order valence-corrected chi connectivity index (χ4v) is 3.44. The molecule has 1 aliphatic rings. The van der Waals surface area contributed by atoms with Crippen LogP contribution in [0.5, 0.6) is 0 Å². The molecule has 2 aromatic carbocycles. The van der Waals surface area contributed by atoms with Crippen molar-refractivity contribution in [3.8, 4) is 0 Å². The molecule has 0 amide bonds. The first-order chi connectivity index (χ1) is 9.69. The summed E-state index contributed by atoms with van der Waals surface area (Å²) in [4.78, 5) is 12.0. The highest BCUT2D eigenvalue weighted by molar-refractivity contribution is 9.09. The molecule has 102 valence electrons. The Morgan fingerprint density at radius 1 is 1.10 bits per heavy atom. The number of hydrogen-bond donors (Lipinski definition) is 0. The molecule has 1 heterocycles. The first-order valence-electron chi connectivity index (χ1n) is 6.26. The second kappa shape index (κ2) is 5.04. The number of esters is 1. The van der Waals surface area contributed by atoms with Gasteiger partial charge < -0.3 is 9.47 Å². The minimum atomic E-state index is -1.15. The Morgan fingerprint density at radius 2 is 1.75 bits per heavy atom. The van der Waals surface area contributed by atoms with Crippen molar-refractivity contribution in [3.63, 3.8) is 0 Å². The van der Waals surface area contributed by atoms with Crippen LogP contribution in [-0.2, 0) is 15.3 Å². The molecule has 0 saturated carbocycles. The maximum atomic E-state index is 12.3. The molecule has 2 atom stereocenters. The predicted molar refractivity (Wildman–Crippen MR) is 78.7 cm³/mol. The van der Waals surface area contributed by atoms with Gasteiger partial charge in [-0.15, -0.1) is 0 Å². The summed E-state index contributed by atoms with van der Waals surface area (Å²) in [6, 6.07) is 16.9. The first kappa shape index (κ1) is 13.3. The SMILES string of the molecule is COC1(c2ccccc2)OC(=O)c2ccccc2C1Br. The molecule has 3 rings (SSSR count). The third-order valence-electron chi connectivity index (χ3n) is 3.51. The molecule has 0 aromatic heterocycles. The Bertz CT molecular complexity index is 641. The van der Waals surface area contributed by atoms with Crippen molar-refractivity contribution in [2.75, 3.05) is 7.11 Å². The third kappa shape index (κ3) is 1.87. The van der Waals surface area contributed by atoms with Crippen LogP contribution in [-0.4, -0.2) is 13.1 Å². The van der Waals surface area contributed by atoms with E-state index in [1.807, 2.05) is 48.5 Å². The summed E-state index contributed by atoms with van der Waals surface area (Å²) in [5, 5.41) is 0. The highest BCUT2D eigenvalue weighted by Crippen LogP contribution is 2.49. The van der Waals surface area contributed by atoms with Gasteiger partial charge in [-0.25, -0.2) is 4.79 Å². The molecule has 1 aliphatic heterocycles. The van der Waals surface area contributed by atoms with E-state index >= 15 is 0 Å². The van der Waals surface area contributed by atoms with Gasteiger partial charge in [-0.3, -0.25) is 0 Å². The number of benzene rings is 2. The van der Waals surface area contributed by atoms with E-state index in [0.717, 1.165) is 11.1 Å². The minimum absolute atomic E-state index is 0.267. The number of alkyl halides is 1. The topological polar surface area (TPSA) is 35.5 Å². The molecule has 0 fully saturated rings. The number of halogens is 1. The van der Waals surface area contributed by atoms with Gasteiger partial charge in [0.25, 0.3) is 5.79 Å². The zero-order valence-electron chi connectivity index (χ0n) is 10.9. The van der Waals surface area contributed by atoms with Gasteiger partial charge in [0.05, 0.1) is 5.56 Å². The smallest absolute Gasteiger partial charge is 0.341 e. The van der Waals surface area contributed by atoms with Gasteiger partial charge in [0.15, 0.2) is 0 Å². The summed E-state index contributed by atoms with van der Waals surface area (Å²) in [6.07, 6.45) is 0. The average Bonchev–Trinajstić information content (AvgIpc) is 2.52. The molecule has 0 spiro atoms. The van der Waals surface area contributed by atoms with Crippen molar-refractivity contribution in [3.05, 3.63) is 71.3 Å². The lowest BCUT2D eigenvalue weighted by atomic mass is 9.91. The average molecular weight is 333 g/mol. The molecule has 0 bridgehead atoms. The van der Waals surface area contributed by atoms with Crippen molar-refractivity contribution in [2.24, 2.45) is 0 Å². The van der Waals surface area contributed by atoms with Crippen molar-refractivity contribution < 1.29 is 14.3 Å². The van der Waals surface area contributed by atoms with Crippen molar-refractivity contribution in [2.45, 2.75) is 10.6 Å². The largest absolute Gasteiger partial charge is 0.423 e. The maximum absolute atomic E-state index is 12.3. The number of ether oxygens (including phenoxy) is 2. The zero-order chi connectivity index (χ0) is 14.2. The minimum Gasteiger partial charge on any atom is -0.423 e. The molecule has 3 nitrogen and oxygen atoms in total. The van der Waals surface area contributed by atoms with Crippen LogP contribution in [0.15, 0.2) is 54.6 Å². The first-order valence-corrected chi connectivity index (χ1v) is 7.17. The molecule has 0 aliphatic carbocycles. The molecule has 0 saturated heterocycles. The van der Waals surface area contributed by atoms with Gasteiger partial charge >= 0.3 is 5.97 Å².